The maximum absolute atomic E-state index is 12.7. The molecule has 44 heavy (non-hydrogen) atoms. The van der Waals surface area contributed by atoms with Gasteiger partial charge in [0.15, 0.2) is 11.5 Å². The van der Waals surface area contributed by atoms with Gasteiger partial charge in [0, 0.05) is 12.5 Å². The van der Waals surface area contributed by atoms with E-state index in [4.69, 9.17) is 4.74 Å². The number of hydrogen-bond acceptors (Lipinski definition) is 7. The molecule has 0 unspecified atom stereocenters. The number of amides is 1. The first-order valence-corrected chi connectivity index (χ1v) is 14.5. The summed E-state index contributed by atoms with van der Waals surface area (Å²) < 4.78 is 7.31. The summed E-state index contributed by atoms with van der Waals surface area (Å²) in [6, 6.07) is 18.6. The standard InChI is InChI=1S/C33H31N5O6/c1-18-15-26-27(16-19(18)2)38(29-28(34-26)30(39)37-32(42)36-29)14-8-7-13-25(31(40)41)35-33(43)44-17-24-22-11-5-3-9-20(22)21-10-4-6-12-23(21)24/h3-6,9-12,15-16,24-25H,7-8,13-14,17H2,1-2H3,(H,35,43)(H,40,41)(H,37,39,42)/t25-/m0/s1. The van der Waals surface area contributed by atoms with Crippen LogP contribution >= 0.6 is 0 Å². The van der Waals surface area contributed by atoms with Crippen LogP contribution in [0.2, 0.25) is 0 Å². The predicted octanol–water partition coefficient (Wildman–Crippen LogP) is 4.36. The van der Waals surface area contributed by atoms with Gasteiger partial charge in [0.05, 0.1) is 11.0 Å². The fourth-order valence-electron chi connectivity index (χ4n) is 5.93. The van der Waals surface area contributed by atoms with E-state index in [2.05, 4.69) is 20.3 Å². The molecule has 0 bridgehead atoms. The molecule has 2 heterocycles. The first-order chi connectivity index (χ1) is 21.2. The number of aromatic amines is 1. The first kappa shape index (κ1) is 28.8. The van der Waals surface area contributed by atoms with Gasteiger partial charge >= 0.3 is 17.8 Å². The van der Waals surface area contributed by atoms with Crippen LogP contribution in [0.5, 0.6) is 0 Å². The van der Waals surface area contributed by atoms with Crippen molar-refractivity contribution < 1.29 is 19.4 Å². The Bertz CT molecular complexity index is 1950. The molecule has 0 aromatic heterocycles. The highest BCUT2D eigenvalue weighted by Gasteiger charge is 2.30. The molecule has 0 saturated carbocycles. The molecule has 0 spiro atoms. The number of H-pyrrole nitrogens is 1. The van der Waals surface area contributed by atoms with Gasteiger partial charge in [0.25, 0.3) is 5.56 Å². The zero-order valence-electron chi connectivity index (χ0n) is 24.3. The summed E-state index contributed by atoms with van der Waals surface area (Å²) in [4.78, 5) is 60.0. The van der Waals surface area contributed by atoms with Gasteiger partial charge in [-0.3, -0.25) is 9.78 Å². The number of carboxylic acid groups (broad SMARTS) is 1. The average Bonchev–Trinajstić information content (AvgIpc) is 3.32. The third-order valence-corrected chi connectivity index (χ3v) is 8.28. The molecule has 1 atom stereocenters. The normalized spacial score (nSPS) is 13.0. The minimum absolute atomic E-state index is 0.0562. The first-order valence-electron chi connectivity index (χ1n) is 14.5. The minimum atomic E-state index is -1.17. The number of nitrogens with zero attached hydrogens (tertiary/aromatic N) is 3. The number of nitrogens with one attached hydrogen (secondary N) is 2. The van der Waals surface area contributed by atoms with E-state index in [1.165, 1.54) is 0 Å². The fraction of sp³-hybridized carbons (Fsp3) is 0.273. The molecule has 3 aromatic rings. The maximum Gasteiger partial charge on any atom is 0.407 e. The smallest absolute Gasteiger partial charge is 0.407 e. The number of alkyl carbamates (subject to hydrolysis) is 1. The Labute approximate surface area is 251 Å². The Morgan fingerprint density at radius 1 is 0.977 bits per heavy atom. The number of aromatic nitrogens is 4. The second kappa shape index (κ2) is 11.8. The van der Waals surface area contributed by atoms with Crippen LogP contribution in [-0.4, -0.2) is 49.3 Å². The van der Waals surface area contributed by atoms with Crippen molar-refractivity contribution in [3.8, 4) is 22.6 Å². The molecule has 0 fully saturated rings. The third kappa shape index (κ3) is 5.44. The number of carbonyl (C=O) groups excluding carboxylic acids is 1. The number of aryl methyl sites for hydroxylation is 3. The van der Waals surface area contributed by atoms with Crippen molar-refractivity contribution in [3.63, 3.8) is 0 Å². The second-order valence-corrected chi connectivity index (χ2v) is 11.1. The van der Waals surface area contributed by atoms with Crippen molar-refractivity contribution in [2.45, 2.75) is 51.6 Å². The molecule has 3 N–H and O–H groups in total. The van der Waals surface area contributed by atoms with Crippen LogP contribution in [0.25, 0.3) is 33.7 Å². The van der Waals surface area contributed by atoms with E-state index in [1.807, 2.05) is 74.5 Å². The summed E-state index contributed by atoms with van der Waals surface area (Å²) in [5.74, 6) is -1.14. The van der Waals surface area contributed by atoms with Crippen molar-refractivity contribution in [1.29, 1.82) is 0 Å². The third-order valence-electron chi connectivity index (χ3n) is 8.28. The Hall–Kier alpha value is -5.32. The molecule has 11 nitrogen and oxygen atoms in total. The van der Waals surface area contributed by atoms with E-state index in [0.29, 0.717) is 30.4 Å². The van der Waals surface area contributed by atoms with Gasteiger partial charge in [0.2, 0.25) is 0 Å². The zero-order chi connectivity index (χ0) is 31.0. The minimum Gasteiger partial charge on any atom is -0.480 e. The van der Waals surface area contributed by atoms with Crippen molar-refractivity contribution in [1.82, 2.24) is 24.8 Å². The summed E-state index contributed by atoms with van der Waals surface area (Å²) >= 11 is 0. The molecule has 11 heteroatoms. The summed E-state index contributed by atoms with van der Waals surface area (Å²) in [6.07, 6.45) is 0.277. The number of benzene rings is 3. The van der Waals surface area contributed by atoms with Gasteiger partial charge in [0.1, 0.15) is 12.6 Å². The SMILES string of the molecule is Cc1cc2nc3c(=O)[nH]c(=O)nc-3n(CCCC[C@H](NC(=O)OCC3c4ccccc4-c4ccccc43)C(=O)O)c2cc1C. The number of fused-ring (bicyclic) bond motifs is 5. The number of aliphatic carboxylic acids is 1. The van der Waals surface area contributed by atoms with E-state index in [9.17, 15) is 24.3 Å². The molecule has 1 amide bonds. The van der Waals surface area contributed by atoms with E-state index >= 15 is 0 Å². The largest absolute Gasteiger partial charge is 0.480 e. The highest BCUT2D eigenvalue weighted by molar-refractivity contribution is 5.82. The van der Waals surface area contributed by atoms with Gasteiger partial charge in [-0.25, -0.2) is 19.4 Å². The summed E-state index contributed by atoms with van der Waals surface area (Å²) in [5, 5.41) is 12.3. The van der Waals surface area contributed by atoms with Crippen LogP contribution in [0.4, 0.5) is 4.79 Å². The highest BCUT2D eigenvalue weighted by atomic mass is 16.5. The van der Waals surface area contributed by atoms with Crippen molar-refractivity contribution in [2.75, 3.05) is 6.61 Å². The predicted molar refractivity (Wildman–Crippen MR) is 164 cm³/mol. The van der Waals surface area contributed by atoms with Crippen molar-refractivity contribution >= 4 is 23.1 Å². The van der Waals surface area contributed by atoms with E-state index in [-0.39, 0.29) is 30.5 Å². The van der Waals surface area contributed by atoms with Crippen molar-refractivity contribution in [2.24, 2.45) is 0 Å². The highest BCUT2D eigenvalue weighted by Crippen LogP contribution is 2.44. The fourth-order valence-corrected chi connectivity index (χ4v) is 5.93. The van der Waals surface area contributed by atoms with Crippen LogP contribution in [0.15, 0.2) is 70.3 Å². The lowest BCUT2D eigenvalue weighted by Gasteiger charge is -2.19. The van der Waals surface area contributed by atoms with Gasteiger partial charge in [-0.05, 0) is 78.6 Å². The van der Waals surface area contributed by atoms with E-state index < -0.39 is 29.4 Å². The molecule has 0 radical (unpaired) electrons. The number of hydrogen-bond donors (Lipinski definition) is 3. The molecular formula is C33H31N5O6. The maximum atomic E-state index is 12.7. The quantitative estimate of drug-likeness (QED) is 0.168. The van der Waals surface area contributed by atoms with E-state index in [1.54, 1.807) is 4.57 Å². The zero-order valence-corrected chi connectivity index (χ0v) is 24.3. The molecule has 3 aromatic carbocycles. The van der Waals surface area contributed by atoms with Crippen LogP contribution in [0.1, 0.15) is 47.4 Å². The summed E-state index contributed by atoms with van der Waals surface area (Å²) in [6.45, 7) is 4.34. The summed E-state index contributed by atoms with van der Waals surface area (Å²) in [7, 11) is 0. The number of unbranched alkanes of at least 4 members (excludes halogenated alkanes) is 1. The lowest BCUT2D eigenvalue weighted by atomic mass is 9.98. The Kier molecular flexibility index (Phi) is 7.69. The molecule has 2 aliphatic heterocycles. The molecule has 224 valence electrons. The lowest BCUT2D eigenvalue weighted by molar-refractivity contribution is -0.139. The van der Waals surface area contributed by atoms with Gasteiger partial charge in [-0.1, -0.05) is 48.5 Å². The van der Waals surface area contributed by atoms with Gasteiger partial charge in [-0.15, -0.1) is 0 Å². The van der Waals surface area contributed by atoms with Crippen LogP contribution < -0.4 is 16.6 Å². The Morgan fingerprint density at radius 2 is 1.64 bits per heavy atom. The molecular weight excluding hydrogens is 562 g/mol. The second-order valence-electron chi connectivity index (χ2n) is 11.1. The number of carboxylic acids is 1. The molecule has 1 aliphatic carbocycles. The van der Waals surface area contributed by atoms with Crippen LogP contribution in [0, 0.1) is 13.8 Å². The molecule has 0 saturated heterocycles. The number of carbonyl (C=O) groups is 2. The van der Waals surface area contributed by atoms with Gasteiger partial charge < -0.3 is 19.7 Å². The number of rotatable bonds is 9. The lowest BCUT2D eigenvalue weighted by Crippen LogP contribution is -2.41. The number of ether oxygens (including phenoxy) is 1. The average molecular weight is 594 g/mol. The molecule has 6 rings (SSSR count). The summed E-state index contributed by atoms with van der Waals surface area (Å²) in [5.41, 5.74) is 6.33. The Balaban J connectivity index is 1.12. The van der Waals surface area contributed by atoms with E-state index in [0.717, 1.165) is 33.4 Å². The Morgan fingerprint density at radius 3 is 2.32 bits per heavy atom. The van der Waals surface area contributed by atoms with Gasteiger partial charge in [-0.2, -0.15) is 4.98 Å². The molecule has 3 aliphatic rings. The topological polar surface area (TPSA) is 156 Å². The monoisotopic (exact) mass is 593 g/mol. The van der Waals surface area contributed by atoms with Crippen LogP contribution in [-0.2, 0) is 16.1 Å². The van der Waals surface area contributed by atoms with Crippen molar-refractivity contribution in [3.05, 3.63) is 104 Å². The van der Waals surface area contributed by atoms with Crippen LogP contribution in [0.3, 0.4) is 0 Å².